The van der Waals surface area contributed by atoms with Gasteiger partial charge in [0.2, 0.25) is 0 Å². The molecule has 3 aliphatic rings. The summed E-state index contributed by atoms with van der Waals surface area (Å²) in [5.41, 5.74) is 0.516. The van der Waals surface area contributed by atoms with Gasteiger partial charge in [-0.05, 0) is 23.1 Å². The second-order valence-electron chi connectivity index (χ2n) is 5.58. The van der Waals surface area contributed by atoms with Gasteiger partial charge < -0.3 is 18.1 Å². The molecule has 0 fully saturated rings. The third-order valence-electron chi connectivity index (χ3n) is 4.36. The van der Waals surface area contributed by atoms with Crippen LogP contribution in [0.1, 0.15) is 21.5 Å². The van der Waals surface area contributed by atoms with Crippen LogP contribution in [0.2, 0.25) is 0 Å². The Morgan fingerprint density at radius 1 is 1.00 bits per heavy atom. The molecule has 0 saturated heterocycles. The SMILES string of the molecule is O=C1OC2(C3=[S-](=O)N=CC=C3Oc3ccccc32)c2ccccc21. The maximum absolute atomic E-state index is 12.7. The predicted octanol–water partition coefficient (Wildman–Crippen LogP) is 2.51. The summed E-state index contributed by atoms with van der Waals surface area (Å²) in [6, 6.07) is 14.5. The monoisotopic (exact) mass is 336 g/mol. The number of nitrogens with zero attached hydrogens (tertiary/aromatic N) is 1. The van der Waals surface area contributed by atoms with E-state index in [1.807, 2.05) is 30.3 Å². The predicted molar refractivity (Wildman–Crippen MR) is 89.3 cm³/mol. The van der Waals surface area contributed by atoms with Gasteiger partial charge in [0.25, 0.3) is 0 Å². The second kappa shape index (κ2) is 4.58. The number of ether oxygens (including phenoxy) is 2. The Bertz CT molecular complexity index is 1060. The Morgan fingerprint density at radius 3 is 2.62 bits per heavy atom. The smallest absolute Gasteiger partial charge is 0.340 e. The summed E-state index contributed by atoms with van der Waals surface area (Å²) >= 11 is 0. The Kier molecular flexibility index (Phi) is 2.59. The summed E-state index contributed by atoms with van der Waals surface area (Å²) in [6.07, 6.45) is 3.09. The number of para-hydroxylation sites is 1. The molecule has 1 unspecified atom stereocenters. The molecule has 2 aromatic carbocycles. The molecule has 24 heavy (non-hydrogen) atoms. The minimum Gasteiger partial charge on any atom is -0.459 e. The summed E-state index contributed by atoms with van der Waals surface area (Å²) in [6.45, 7) is 0. The van der Waals surface area contributed by atoms with E-state index in [2.05, 4.69) is 4.40 Å². The van der Waals surface area contributed by atoms with Gasteiger partial charge in [-0.3, -0.25) is 0 Å². The molecule has 6 heteroatoms. The molecular formula is C18H10NO4S-. The molecule has 3 heterocycles. The van der Waals surface area contributed by atoms with Gasteiger partial charge in [-0.25, -0.2) is 4.79 Å². The third-order valence-corrected chi connectivity index (χ3v) is 5.51. The van der Waals surface area contributed by atoms with Crippen LogP contribution in [0, 0.1) is 0 Å². The van der Waals surface area contributed by atoms with Crippen LogP contribution in [0.4, 0.5) is 0 Å². The van der Waals surface area contributed by atoms with Gasteiger partial charge in [0.1, 0.15) is 11.5 Å². The Balaban J connectivity index is 1.96. The van der Waals surface area contributed by atoms with Crippen molar-refractivity contribution in [3.8, 4) is 5.75 Å². The van der Waals surface area contributed by atoms with E-state index in [0.717, 1.165) is 0 Å². The number of carbonyl (C=O) groups excluding carboxylic acids is 1. The van der Waals surface area contributed by atoms with Crippen LogP contribution >= 0.6 is 0 Å². The summed E-state index contributed by atoms with van der Waals surface area (Å²) in [7, 11) is -1.70. The minimum atomic E-state index is -1.70. The Morgan fingerprint density at radius 2 is 1.75 bits per heavy atom. The van der Waals surface area contributed by atoms with Crippen molar-refractivity contribution in [2.24, 2.45) is 4.40 Å². The fourth-order valence-corrected chi connectivity index (χ4v) is 4.48. The molecule has 0 aromatic heterocycles. The van der Waals surface area contributed by atoms with Crippen LogP contribution in [0.3, 0.4) is 0 Å². The third kappa shape index (κ3) is 1.53. The second-order valence-corrected chi connectivity index (χ2v) is 6.70. The Labute approximate surface area is 139 Å². The molecule has 5 nitrogen and oxygen atoms in total. The van der Waals surface area contributed by atoms with Gasteiger partial charge >= 0.3 is 5.97 Å². The van der Waals surface area contributed by atoms with Crippen LogP contribution in [0.5, 0.6) is 5.75 Å². The molecule has 1 atom stereocenters. The largest absolute Gasteiger partial charge is 0.459 e. The number of benzene rings is 2. The van der Waals surface area contributed by atoms with Crippen molar-refractivity contribution in [2.45, 2.75) is 5.60 Å². The number of hydrogen-bond acceptors (Lipinski definition) is 5. The normalized spacial score (nSPS) is 23.9. The van der Waals surface area contributed by atoms with Crippen LogP contribution < -0.4 is 4.74 Å². The van der Waals surface area contributed by atoms with Crippen molar-refractivity contribution in [3.63, 3.8) is 0 Å². The zero-order chi connectivity index (χ0) is 16.3. The average Bonchev–Trinajstić information content (AvgIpc) is 2.89. The molecule has 0 radical (unpaired) electrons. The number of esters is 1. The highest BCUT2D eigenvalue weighted by molar-refractivity contribution is 7.84. The van der Waals surface area contributed by atoms with Crippen LogP contribution in [-0.4, -0.2) is 17.0 Å². The number of hydrogen-bond donors (Lipinski definition) is 0. The molecule has 118 valence electrons. The number of fused-ring (bicyclic) bond motifs is 6. The highest BCUT2D eigenvalue weighted by Gasteiger charge is 2.53. The summed E-state index contributed by atoms with van der Waals surface area (Å²) in [5, 5.41) is 0. The first kappa shape index (κ1) is 13.6. The van der Waals surface area contributed by atoms with Crippen molar-refractivity contribution in [1.82, 2.24) is 0 Å². The lowest BCUT2D eigenvalue weighted by Gasteiger charge is -2.41. The van der Waals surface area contributed by atoms with Crippen molar-refractivity contribution in [2.75, 3.05) is 0 Å². The molecule has 0 aliphatic carbocycles. The van der Waals surface area contributed by atoms with E-state index in [4.69, 9.17) is 9.47 Å². The van der Waals surface area contributed by atoms with E-state index in [0.29, 0.717) is 33.1 Å². The maximum Gasteiger partial charge on any atom is 0.340 e. The van der Waals surface area contributed by atoms with Gasteiger partial charge in [-0.2, -0.15) is 10.6 Å². The first-order chi connectivity index (χ1) is 11.7. The van der Waals surface area contributed by atoms with Crippen molar-refractivity contribution in [3.05, 3.63) is 77.1 Å². The molecular weight excluding hydrogens is 326 g/mol. The lowest BCUT2D eigenvalue weighted by Crippen LogP contribution is -2.44. The van der Waals surface area contributed by atoms with E-state index in [9.17, 15) is 9.00 Å². The van der Waals surface area contributed by atoms with E-state index >= 15 is 0 Å². The van der Waals surface area contributed by atoms with E-state index in [-0.39, 0.29) is 0 Å². The van der Waals surface area contributed by atoms with Crippen LogP contribution in [0.25, 0.3) is 0 Å². The van der Waals surface area contributed by atoms with Crippen LogP contribution in [0.15, 0.2) is 64.8 Å². The van der Waals surface area contributed by atoms with Crippen LogP contribution in [-0.2, 0) is 25.1 Å². The van der Waals surface area contributed by atoms with Gasteiger partial charge in [0, 0.05) is 17.3 Å². The highest BCUT2D eigenvalue weighted by atomic mass is 32.2. The van der Waals surface area contributed by atoms with Gasteiger partial charge in [-0.1, -0.05) is 36.4 Å². The molecule has 0 N–H and O–H groups in total. The first-order valence-electron chi connectivity index (χ1n) is 7.36. The topological polar surface area (TPSA) is 65.0 Å². The molecule has 5 rings (SSSR count). The quantitative estimate of drug-likeness (QED) is 0.421. The standard InChI is InChI=1S/C18H10NO4S/c20-17-11-5-1-2-6-12(11)18(23-17)13-7-3-4-8-14(13)22-15-9-10-19-24(21)16(15)18/h1-10H/q-1. The molecule has 0 saturated carbocycles. The number of carbonyl (C=O) groups is 1. The van der Waals surface area contributed by atoms with E-state index in [1.54, 1.807) is 24.3 Å². The maximum atomic E-state index is 12.7. The van der Waals surface area contributed by atoms with Crippen molar-refractivity contribution in [1.29, 1.82) is 0 Å². The molecule has 3 aliphatic heterocycles. The van der Waals surface area contributed by atoms with Gasteiger partial charge in [0.15, 0.2) is 5.60 Å². The lowest BCUT2D eigenvalue weighted by atomic mass is 9.80. The summed E-state index contributed by atoms with van der Waals surface area (Å²) < 4.78 is 28.4. The summed E-state index contributed by atoms with van der Waals surface area (Å²) in [4.78, 5) is 12.8. The minimum absolute atomic E-state index is 0.349. The zero-order valence-corrected chi connectivity index (χ0v) is 13.1. The van der Waals surface area contributed by atoms with Crippen molar-refractivity contribution < 1.29 is 18.5 Å². The fraction of sp³-hybridized carbons (Fsp3) is 0.0556. The number of allylic oxidation sites excluding steroid dienone is 1. The molecule has 0 bridgehead atoms. The molecule has 0 amide bonds. The van der Waals surface area contributed by atoms with E-state index in [1.165, 1.54) is 6.21 Å². The summed E-state index contributed by atoms with van der Waals surface area (Å²) in [5.74, 6) is 0.538. The zero-order valence-electron chi connectivity index (χ0n) is 12.3. The van der Waals surface area contributed by atoms with Crippen molar-refractivity contribution >= 4 is 27.6 Å². The molecule has 2 aromatic rings. The first-order valence-corrected chi connectivity index (χ1v) is 8.47. The number of rotatable bonds is 0. The Hall–Kier alpha value is -2.86. The highest BCUT2D eigenvalue weighted by Crippen LogP contribution is 2.50. The molecule has 1 spiro atoms. The lowest BCUT2D eigenvalue weighted by molar-refractivity contribution is 0.0314. The fourth-order valence-electron chi connectivity index (χ4n) is 3.42. The van der Waals surface area contributed by atoms with Gasteiger partial charge in [-0.15, -0.1) is 0 Å². The average molecular weight is 336 g/mol. The van der Waals surface area contributed by atoms with Gasteiger partial charge in [0.05, 0.1) is 5.56 Å². The van der Waals surface area contributed by atoms with E-state index < -0.39 is 22.1 Å².